The van der Waals surface area contributed by atoms with Crippen LogP contribution in [0.25, 0.3) is 6.08 Å². The molecule has 1 amide bonds. The van der Waals surface area contributed by atoms with Gasteiger partial charge in [0.05, 0.1) is 25.8 Å². The summed E-state index contributed by atoms with van der Waals surface area (Å²) in [6.45, 7) is 3.23. The van der Waals surface area contributed by atoms with Crippen molar-refractivity contribution in [1.29, 1.82) is 0 Å². The summed E-state index contributed by atoms with van der Waals surface area (Å²) in [7, 11) is 3.08. The summed E-state index contributed by atoms with van der Waals surface area (Å²) >= 11 is 7.82. The van der Waals surface area contributed by atoms with Gasteiger partial charge in [-0.2, -0.15) is 0 Å². The quantitative estimate of drug-likeness (QED) is 0.679. The minimum Gasteiger partial charge on any atom is -0.493 e. The van der Waals surface area contributed by atoms with Gasteiger partial charge in [0.1, 0.15) is 0 Å². The number of likely N-dealkylation sites (N-methyl/N-ethyl adjacent to an activating group) is 1. The molecule has 0 aliphatic carbocycles. The molecule has 0 N–H and O–H groups in total. The lowest BCUT2D eigenvalue weighted by atomic mass is 10.2. The summed E-state index contributed by atoms with van der Waals surface area (Å²) in [6, 6.07) is 7.53. The number of hydrogen-bond acceptors (Lipinski definition) is 4. The number of carbonyl (C=O) groups is 1. The standard InChI is InChI=1S/C18H20ClNO3S/c1-4-20(12-14-6-5-9-24-14)17(21)8-7-13-10-15(19)18(23-3)16(11-13)22-2/h5-11H,4,12H2,1-3H3/b8-7+. The molecule has 0 fully saturated rings. The van der Waals surface area contributed by atoms with Crippen molar-refractivity contribution in [3.05, 3.63) is 51.2 Å². The van der Waals surface area contributed by atoms with E-state index < -0.39 is 0 Å². The van der Waals surface area contributed by atoms with E-state index in [1.54, 1.807) is 47.6 Å². The van der Waals surface area contributed by atoms with E-state index in [-0.39, 0.29) is 5.91 Å². The van der Waals surface area contributed by atoms with Gasteiger partial charge in [-0.25, -0.2) is 0 Å². The van der Waals surface area contributed by atoms with E-state index in [0.29, 0.717) is 29.6 Å². The van der Waals surface area contributed by atoms with Gasteiger partial charge in [-0.3, -0.25) is 4.79 Å². The van der Waals surface area contributed by atoms with Gasteiger partial charge in [-0.1, -0.05) is 17.7 Å². The number of ether oxygens (including phenoxy) is 2. The first-order valence-electron chi connectivity index (χ1n) is 7.50. The van der Waals surface area contributed by atoms with Crippen molar-refractivity contribution in [1.82, 2.24) is 4.90 Å². The number of thiophene rings is 1. The van der Waals surface area contributed by atoms with E-state index >= 15 is 0 Å². The molecule has 0 saturated heterocycles. The highest BCUT2D eigenvalue weighted by molar-refractivity contribution is 7.09. The van der Waals surface area contributed by atoms with Crippen LogP contribution >= 0.6 is 22.9 Å². The molecule has 0 atom stereocenters. The van der Waals surface area contributed by atoms with Gasteiger partial charge in [-0.05, 0) is 42.1 Å². The Morgan fingerprint density at radius 1 is 1.33 bits per heavy atom. The summed E-state index contributed by atoms with van der Waals surface area (Å²) < 4.78 is 10.5. The first-order chi connectivity index (χ1) is 11.6. The maximum absolute atomic E-state index is 12.4. The number of hydrogen-bond donors (Lipinski definition) is 0. The van der Waals surface area contributed by atoms with Gasteiger partial charge in [0.15, 0.2) is 11.5 Å². The molecule has 6 heteroatoms. The SMILES string of the molecule is CCN(Cc1cccs1)C(=O)/C=C/c1cc(Cl)c(OC)c(OC)c1. The first kappa shape index (κ1) is 18.4. The fourth-order valence-corrected chi connectivity index (χ4v) is 3.26. The van der Waals surface area contributed by atoms with Gasteiger partial charge in [0, 0.05) is 17.5 Å². The molecule has 1 aromatic carbocycles. The van der Waals surface area contributed by atoms with Gasteiger partial charge in [0.25, 0.3) is 0 Å². The Kier molecular flexibility index (Phi) is 6.70. The van der Waals surface area contributed by atoms with Crippen molar-refractivity contribution in [2.24, 2.45) is 0 Å². The first-order valence-corrected chi connectivity index (χ1v) is 8.75. The van der Waals surface area contributed by atoms with Gasteiger partial charge < -0.3 is 14.4 Å². The third-order valence-electron chi connectivity index (χ3n) is 3.49. The van der Waals surface area contributed by atoms with Crippen molar-refractivity contribution in [3.63, 3.8) is 0 Å². The molecule has 24 heavy (non-hydrogen) atoms. The molecule has 0 spiro atoms. The fourth-order valence-electron chi connectivity index (χ4n) is 2.24. The number of halogens is 1. The molecule has 1 heterocycles. The Hall–Kier alpha value is -1.98. The molecular formula is C18H20ClNO3S. The zero-order valence-electron chi connectivity index (χ0n) is 13.9. The molecule has 0 saturated carbocycles. The van der Waals surface area contributed by atoms with Crippen molar-refractivity contribution in [3.8, 4) is 11.5 Å². The summed E-state index contributed by atoms with van der Waals surface area (Å²) in [5.41, 5.74) is 0.776. The van der Waals surface area contributed by atoms with Crippen molar-refractivity contribution >= 4 is 34.9 Å². The second kappa shape index (κ2) is 8.76. The smallest absolute Gasteiger partial charge is 0.246 e. The minimum atomic E-state index is -0.0446. The summed E-state index contributed by atoms with van der Waals surface area (Å²) in [5.74, 6) is 0.968. The van der Waals surface area contributed by atoms with Crippen LogP contribution in [-0.4, -0.2) is 31.6 Å². The van der Waals surface area contributed by atoms with Crippen molar-refractivity contribution in [2.75, 3.05) is 20.8 Å². The lowest BCUT2D eigenvalue weighted by Gasteiger charge is -2.18. The van der Waals surface area contributed by atoms with Crippen LogP contribution < -0.4 is 9.47 Å². The van der Waals surface area contributed by atoms with Gasteiger partial charge in [-0.15, -0.1) is 11.3 Å². The Labute approximate surface area is 151 Å². The molecule has 2 rings (SSSR count). The number of carbonyl (C=O) groups excluding carboxylic acids is 1. The third-order valence-corrected chi connectivity index (χ3v) is 4.64. The third kappa shape index (κ3) is 4.52. The molecule has 0 bridgehead atoms. The van der Waals surface area contributed by atoms with Crippen LogP contribution in [0.5, 0.6) is 11.5 Å². The predicted molar refractivity (Wildman–Crippen MR) is 99.0 cm³/mol. The summed E-state index contributed by atoms with van der Waals surface area (Å²) in [5, 5.41) is 2.45. The lowest BCUT2D eigenvalue weighted by Crippen LogP contribution is -2.28. The Balaban J connectivity index is 2.14. The summed E-state index contributed by atoms with van der Waals surface area (Å²) in [6.07, 6.45) is 3.28. The number of benzene rings is 1. The number of rotatable bonds is 7. The lowest BCUT2D eigenvalue weighted by molar-refractivity contribution is -0.126. The van der Waals surface area contributed by atoms with E-state index in [1.807, 2.05) is 24.4 Å². The molecule has 0 aliphatic heterocycles. The zero-order valence-corrected chi connectivity index (χ0v) is 15.5. The fraction of sp³-hybridized carbons (Fsp3) is 0.278. The maximum atomic E-state index is 12.4. The largest absolute Gasteiger partial charge is 0.493 e. The van der Waals surface area contributed by atoms with Crippen LogP contribution in [0.1, 0.15) is 17.4 Å². The zero-order chi connectivity index (χ0) is 17.5. The van der Waals surface area contributed by atoms with Crippen LogP contribution in [0.3, 0.4) is 0 Å². The van der Waals surface area contributed by atoms with Crippen molar-refractivity contribution in [2.45, 2.75) is 13.5 Å². The highest BCUT2D eigenvalue weighted by atomic mass is 35.5. The second-order valence-electron chi connectivity index (χ2n) is 5.00. The van der Waals surface area contributed by atoms with E-state index in [9.17, 15) is 4.79 Å². The average molecular weight is 366 g/mol. The van der Waals surface area contributed by atoms with Crippen LogP contribution in [0, 0.1) is 0 Å². The molecule has 128 valence electrons. The molecule has 0 aliphatic rings. The Morgan fingerprint density at radius 3 is 2.71 bits per heavy atom. The van der Waals surface area contributed by atoms with E-state index in [1.165, 1.54) is 7.11 Å². The average Bonchev–Trinajstić information content (AvgIpc) is 3.10. The van der Waals surface area contributed by atoms with Gasteiger partial charge in [0.2, 0.25) is 5.91 Å². The monoisotopic (exact) mass is 365 g/mol. The highest BCUT2D eigenvalue weighted by Crippen LogP contribution is 2.36. The van der Waals surface area contributed by atoms with Crippen molar-refractivity contribution < 1.29 is 14.3 Å². The Morgan fingerprint density at radius 2 is 2.12 bits per heavy atom. The van der Waals surface area contributed by atoms with Crippen LogP contribution in [0.2, 0.25) is 5.02 Å². The molecular weight excluding hydrogens is 346 g/mol. The van der Waals surface area contributed by atoms with Crippen LogP contribution in [0.4, 0.5) is 0 Å². The van der Waals surface area contributed by atoms with Gasteiger partial charge >= 0.3 is 0 Å². The van der Waals surface area contributed by atoms with E-state index in [2.05, 4.69) is 0 Å². The normalized spacial score (nSPS) is 10.8. The number of nitrogens with zero attached hydrogens (tertiary/aromatic N) is 1. The highest BCUT2D eigenvalue weighted by Gasteiger charge is 2.12. The van der Waals surface area contributed by atoms with Crippen LogP contribution in [-0.2, 0) is 11.3 Å². The molecule has 1 aromatic heterocycles. The molecule has 0 radical (unpaired) electrons. The van der Waals surface area contributed by atoms with E-state index in [4.69, 9.17) is 21.1 Å². The summed E-state index contributed by atoms with van der Waals surface area (Å²) in [4.78, 5) is 15.3. The topological polar surface area (TPSA) is 38.8 Å². The molecule has 4 nitrogen and oxygen atoms in total. The number of amides is 1. The number of methoxy groups -OCH3 is 2. The molecule has 0 unspecified atom stereocenters. The predicted octanol–water partition coefficient (Wildman–Crippen LogP) is 4.48. The van der Waals surface area contributed by atoms with Crippen LogP contribution in [0.15, 0.2) is 35.7 Å². The Bertz CT molecular complexity index is 713. The van der Waals surface area contributed by atoms with E-state index in [0.717, 1.165) is 10.4 Å². The minimum absolute atomic E-state index is 0.0446. The maximum Gasteiger partial charge on any atom is 0.246 e. The second-order valence-corrected chi connectivity index (χ2v) is 6.44. The molecule has 2 aromatic rings.